The maximum Gasteiger partial charge on any atom is 0.111 e. The van der Waals surface area contributed by atoms with Gasteiger partial charge < -0.3 is 0 Å². The van der Waals surface area contributed by atoms with Crippen molar-refractivity contribution in [1.82, 2.24) is 0 Å². The fourth-order valence-corrected chi connectivity index (χ4v) is 1.42. The molecule has 18 heavy (non-hydrogen) atoms. The molecular formula is C16H18N2. The number of hydrogen-bond acceptors (Lipinski definition) is 2. The van der Waals surface area contributed by atoms with Crippen LogP contribution in [0.2, 0.25) is 0 Å². The number of aliphatic imine (C=N–C) groups is 2. The second kappa shape index (κ2) is 7.96. The molecule has 1 aliphatic rings. The third-order valence-electron chi connectivity index (χ3n) is 2.32. The van der Waals surface area contributed by atoms with E-state index in [1.54, 1.807) is 12.4 Å². The first-order valence-corrected chi connectivity index (χ1v) is 5.84. The molecule has 1 aliphatic heterocycles. The van der Waals surface area contributed by atoms with Crippen LogP contribution in [-0.4, -0.2) is 18.6 Å². The summed E-state index contributed by atoms with van der Waals surface area (Å²) >= 11 is 0. The number of nitrogens with zero attached hydrogens (tertiary/aromatic N) is 2. The normalized spacial score (nSPS) is 20.6. The standard InChI is InChI=1S/C16H18N2/c1-4-6-11-15(5-2)16-14(3)10-8-7-9-12-17-13-18-16/h4-11,13H,1,3,12H2,2H3/b9-7-,10-8-,11-6-,15-5+,17-13?,18-16?. The van der Waals surface area contributed by atoms with E-state index in [0.717, 1.165) is 16.9 Å². The van der Waals surface area contributed by atoms with E-state index in [9.17, 15) is 0 Å². The number of hydrogen-bond donors (Lipinski definition) is 0. The second-order valence-corrected chi connectivity index (χ2v) is 3.61. The fourth-order valence-electron chi connectivity index (χ4n) is 1.42. The van der Waals surface area contributed by atoms with Gasteiger partial charge in [-0.05, 0) is 18.1 Å². The van der Waals surface area contributed by atoms with Crippen molar-refractivity contribution in [2.24, 2.45) is 9.98 Å². The van der Waals surface area contributed by atoms with E-state index in [1.165, 1.54) is 0 Å². The summed E-state index contributed by atoms with van der Waals surface area (Å²) in [6.07, 6.45) is 17.0. The lowest BCUT2D eigenvalue weighted by atomic mass is 10.0. The minimum Gasteiger partial charge on any atom is -0.269 e. The summed E-state index contributed by atoms with van der Waals surface area (Å²) in [5.74, 6) is 0. The van der Waals surface area contributed by atoms with Gasteiger partial charge in [-0.1, -0.05) is 61.8 Å². The molecule has 0 bridgehead atoms. The van der Waals surface area contributed by atoms with Crippen LogP contribution in [0.4, 0.5) is 0 Å². The van der Waals surface area contributed by atoms with Crippen molar-refractivity contribution in [2.75, 3.05) is 6.54 Å². The van der Waals surface area contributed by atoms with Crippen molar-refractivity contribution < 1.29 is 0 Å². The summed E-state index contributed by atoms with van der Waals surface area (Å²) in [6, 6.07) is 0. The number of rotatable bonds is 3. The van der Waals surface area contributed by atoms with E-state index < -0.39 is 0 Å². The highest BCUT2D eigenvalue weighted by atomic mass is 14.9. The number of allylic oxidation sites excluding steroid dienone is 9. The summed E-state index contributed by atoms with van der Waals surface area (Å²) in [4.78, 5) is 8.54. The van der Waals surface area contributed by atoms with E-state index in [1.807, 2.05) is 49.5 Å². The predicted octanol–water partition coefficient (Wildman–Crippen LogP) is 3.83. The molecule has 1 rings (SSSR count). The average molecular weight is 238 g/mol. The molecule has 0 N–H and O–H groups in total. The lowest BCUT2D eigenvalue weighted by Gasteiger charge is -2.06. The zero-order valence-electron chi connectivity index (χ0n) is 10.7. The molecule has 0 atom stereocenters. The summed E-state index contributed by atoms with van der Waals surface area (Å²) in [6.45, 7) is 10.3. The van der Waals surface area contributed by atoms with E-state index in [4.69, 9.17) is 0 Å². The quantitative estimate of drug-likeness (QED) is 0.668. The third kappa shape index (κ3) is 4.34. The van der Waals surface area contributed by atoms with Crippen molar-refractivity contribution in [1.29, 1.82) is 0 Å². The Morgan fingerprint density at radius 3 is 2.94 bits per heavy atom. The summed E-state index contributed by atoms with van der Waals surface area (Å²) < 4.78 is 0. The summed E-state index contributed by atoms with van der Waals surface area (Å²) in [5, 5.41) is 0. The lowest BCUT2D eigenvalue weighted by molar-refractivity contribution is 1.25. The van der Waals surface area contributed by atoms with E-state index in [2.05, 4.69) is 23.1 Å². The van der Waals surface area contributed by atoms with Gasteiger partial charge >= 0.3 is 0 Å². The lowest BCUT2D eigenvalue weighted by Crippen LogP contribution is -2.04. The van der Waals surface area contributed by atoms with Gasteiger partial charge in [-0.25, -0.2) is 4.99 Å². The Bertz CT molecular complexity index is 483. The van der Waals surface area contributed by atoms with Crippen molar-refractivity contribution in [3.63, 3.8) is 0 Å². The van der Waals surface area contributed by atoms with Gasteiger partial charge in [0.15, 0.2) is 0 Å². The first kappa shape index (κ1) is 13.8. The van der Waals surface area contributed by atoms with Crippen LogP contribution >= 0.6 is 0 Å². The molecule has 0 saturated carbocycles. The van der Waals surface area contributed by atoms with Crippen LogP contribution in [0.15, 0.2) is 82.9 Å². The molecule has 2 heteroatoms. The smallest absolute Gasteiger partial charge is 0.111 e. The molecular weight excluding hydrogens is 220 g/mol. The van der Waals surface area contributed by atoms with E-state index >= 15 is 0 Å². The second-order valence-electron chi connectivity index (χ2n) is 3.61. The van der Waals surface area contributed by atoms with Gasteiger partial charge in [-0.15, -0.1) is 0 Å². The largest absolute Gasteiger partial charge is 0.269 e. The highest BCUT2D eigenvalue weighted by Crippen LogP contribution is 2.11. The average Bonchev–Trinajstić information content (AvgIpc) is 2.39. The van der Waals surface area contributed by atoms with Gasteiger partial charge in [0.05, 0.1) is 12.3 Å². The van der Waals surface area contributed by atoms with Crippen molar-refractivity contribution in [2.45, 2.75) is 6.92 Å². The molecule has 92 valence electrons. The van der Waals surface area contributed by atoms with Gasteiger partial charge in [-0.3, -0.25) is 4.99 Å². The van der Waals surface area contributed by atoms with Gasteiger partial charge in [-0.2, -0.15) is 0 Å². The zero-order valence-corrected chi connectivity index (χ0v) is 10.7. The SMILES string of the molecule is C=C/C=C\C(=C/C)C1=NC=NC/C=C\C=C/C1=C. The maximum absolute atomic E-state index is 4.38. The van der Waals surface area contributed by atoms with Gasteiger partial charge in [0, 0.05) is 0 Å². The highest BCUT2D eigenvalue weighted by Gasteiger charge is 2.05. The molecule has 0 aliphatic carbocycles. The minimum absolute atomic E-state index is 0.640. The van der Waals surface area contributed by atoms with Gasteiger partial charge in [0.1, 0.15) is 6.34 Å². The molecule has 1 heterocycles. The molecule has 2 nitrogen and oxygen atoms in total. The summed E-state index contributed by atoms with van der Waals surface area (Å²) in [7, 11) is 0. The topological polar surface area (TPSA) is 24.7 Å². The molecule has 0 aromatic heterocycles. The molecule has 0 aromatic carbocycles. The fraction of sp³-hybridized carbons (Fsp3) is 0.125. The van der Waals surface area contributed by atoms with Crippen LogP contribution in [-0.2, 0) is 0 Å². The molecule has 0 radical (unpaired) electrons. The molecule has 0 unspecified atom stereocenters. The Morgan fingerprint density at radius 1 is 1.39 bits per heavy atom. The van der Waals surface area contributed by atoms with Crippen molar-refractivity contribution in [3.05, 3.63) is 72.9 Å². The Balaban J connectivity index is 3.11. The molecule has 0 amide bonds. The van der Waals surface area contributed by atoms with Crippen molar-refractivity contribution in [3.8, 4) is 0 Å². The Labute approximate surface area is 109 Å². The van der Waals surface area contributed by atoms with Gasteiger partial charge in [0.2, 0.25) is 0 Å². The molecule has 0 aromatic rings. The first-order valence-electron chi connectivity index (χ1n) is 5.84. The molecule has 0 fully saturated rings. The Morgan fingerprint density at radius 2 is 2.22 bits per heavy atom. The van der Waals surface area contributed by atoms with Crippen LogP contribution in [0.5, 0.6) is 0 Å². The molecule has 0 spiro atoms. The third-order valence-corrected chi connectivity index (χ3v) is 2.32. The van der Waals surface area contributed by atoms with E-state index in [0.29, 0.717) is 6.54 Å². The van der Waals surface area contributed by atoms with Crippen LogP contribution in [0.3, 0.4) is 0 Å². The monoisotopic (exact) mass is 238 g/mol. The van der Waals surface area contributed by atoms with Gasteiger partial charge in [0.25, 0.3) is 0 Å². The first-order chi connectivity index (χ1) is 8.79. The Hall–Kier alpha value is -2.22. The minimum atomic E-state index is 0.640. The van der Waals surface area contributed by atoms with Crippen LogP contribution in [0.25, 0.3) is 0 Å². The van der Waals surface area contributed by atoms with Crippen LogP contribution in [0, 0.1) is 0 Å². The maximum atomic E-state index is 4.38. The van der Waals surface area contributed by atoms with Crippen molar-refractivity contribution >= 4 is 12.1 Å². The zero-order chi connectivity index (χ0) is 13.2. The predicted molar refractivity (Wildman–Crippen MR) is 81.3 cm³/mol. The van der Waals surface area contributed by atoms with Crippen LogP contribution in [0.1, 0.15) is 6.92 Å². The summed E-state index contributed by atoms with van der Waals surface area (Å²) in [5.41, 5.74) is 2.68. The molecule has 0 saturated heterocycles. The van der Waals surface area contributed by atoms with Crippen LogP contribution < -0.4 is 0 Å². The Kier molecular flexibility index (Phi) is 6.12. The highest BCUT2D eigenvalue weighted by molar-refractivity contribution is 6.17. The van der Waals surface area contributed by atoms with E-state index in [-0.39, 0.29) is 0 Å².